The molecule has 1 aromatic heterocycles. The molecular formula is C22H23N3O. The summed E-state index contributed by atoms with van der Waals surface area (Å²) in [5.74, 6) is 0.362. The van der Waals surface area contributed by atoms with Gasteiger partial charge in [-0.1, -0.05) is 42.5 Å². The van der Waals surface area contributed by atoms with E-state index in [9.17, 15) is 5.11 Å². The van der Waals surface area contributed by atoms with Gasteiger partial charge in [-0.05, 0) is 29.3 Å². The number of hydrogen-bond acceptors (Lipinski definition) is 4. The number of phenolic OH excluding ortho intramolecular Hbond substituents is 1. The van der Waals surface area contributed by atoms with Crippen molar-refractivity contribution < 1.29 is 5.11 Å². The van der Waals surface area contributed by atoms with E-state index in [0.29, 0.717) is 5.75 Å². The maximum atomic E-state index is 10.0. The second-order valence-electron chi connectivity index (χ2n) is 6.70. The number of aromatic hydroxyl groups is 1. The standard InChI is InChI=1S/C22H23N3O/c26-22-9-5-4-8-21(22)25-12-10-24(11-13-25)17-18-14-20(16-23-15-18)19-6-2-1-3-7-19/h1-9,14-16,26H,10-13,17H2. The number of piperazine rings is 1. The smallest absolute Gasteiger partial charge is 0.138 e. The molecule has 0 aliphatic carbocycles. The summed E-state index contributed by atoms with van der Waals surface area (Å²) in [5, 5.41) is 10.0. The number of benzene rings is 2. The van der Waals surface area contributed by atoms with E-state index >= 15 is 0 Å². The molecule has 0 saturated carbocycles. The minimum atomic E-state index is 0.362. The summed E-state index contributed by atoms with van der Waals surface area (Å²) in [6, 6.07) is 20.2. The lowest BCUT2D eigenvalue weighted by molar-refractivity contribution is 0.249. The van der Waals surface area contributed by atoms with Crippen LogP contribution in [0.5, 0.6) is 5.75 Å². The molecule has 4 heteroatoms. The van der Waals surface area contributed by atoms with Crippen LogP contribution in [0, 0.1) is 0 Å². The Kier molecular flexibility index (Phi) is 4.84. The van der Waals surface area contributed by atoms with Crippen LogP contribution in [-0.2, 0) is 6.54 Å². The van der Waals surface area contributed by atoms with Gasteiger partial charge in [0.25, 0.3) is 0 Å². The Balaban J connectivity index is 1.40. The number of pyridine rings is 1. The van der Waals surface area contributed by atoms with Crippen molar-refractivity contribution >= 4 is 5.69 Å². The first-order chi connectivity index (χ1) is 12.8. The number of para-hydroxylation sites is 2. The summed E-state index contributed by atoms with van der Waals surface area (Å²) in [4.78, 5) is 9.13. The van der Waals surface area contributed by atoms with Gasteiger partial charge in [0.2, 0.25) is 0 Å². The molecule has 0 bridgehead atoms. The fourth-order valence-corrected chi connectivity index (χ4v) is 3.50. The molecule has 1 aliphatic rings. The summed E-state index contributed by atoms with van der Waals surface area (Å²) in [6.07, 6.45) is 3.89. The molecule has 0 unspecified atom stereocenters. The molecular weight excluding hydrogens is 322 g/mol. The predicted molar refractivity (Wildman–Crippen MR) is 105 cm³/mol. The highest BCUT2D eigenvalue weighted by atomic mass is 16.3. The lowest BCUT2D eigenvalue weighted by Crippen LogP contribution is -2.46. The number of hydrogen-bond donors (Lipinski definition) is 1. The van der Waals surface area contributed by atoms with Crippen LogP contribution in [-0.4, -0.2) is 41.2 Å². The second kappa shape index (κ2) is 7.58. The number of nitrogens with zero attached hydrogens (tertiary/aromatic N) is 3. The fourth-order valence-electron chi connectivity index (χ4n) is 3.50. The highest BCUT2D eigenvalue weighted by molar-refractivity contribution is 5.62. The van der Waals surface area contributed by atoms with E-state index in [4.69, 9.17) is 0 Å². The number of phenols is 1. The van der Waals surface area contributed by atoms with Gasteiger partial charge in [0.1, 0.15) is 5.75 Å². The van der Waals surface area contributed by atoms with Crippen LogP contribution in [0.15, 0.2) is 73.1 Å². The lowest BCUT2D eigenvalue weighted by Gasteiger charge is -2.36. The van der Waals surface area contributed by atoms with E-state index in [2.05, 4.69) is 45.1 Å². The van der Waals surface area contributed by atoms with Crippen LogP contribution in [0.4, 0.5) is 5.69 Å². The van der Waals surface area contributed by atoms with Crippen molar-refractivity contribution in [2.45, 2.75) is 6.54 Å². The average molecular weight is 345 g/mol. The summed E-state index contributed by atoms with van der Waals surface area (Å²) >= 11 is 0. The van der Waals surface area contributed by atoms with Crippen molar-refractivity contribution in [2.75, 3.05) is 31.1 Å². The Morgan fingerprint density at radius 2 is 1.54 bits per heavy atom. The molecule has 26 heavy (non-hydrogen) atoms. The second-order valence-corrected chi connectivity index (χ2v) is 6.70. The zero-order chi connectivity index (χ0) is 17.8. The monoisotopic (exact) mass is 345 g/mol. The molecule has 0 amide bonds. The molecule has 4 nitrogen and oxygen atoms in total. The molecule has 1 N–H and O–H groups in total. The fraction of sp³-hybridized carbons (Fsp3) is 0.227. The van der Waals surface area contributed by atoms with Crippen LogP contribution in [0.1, 0.15) is 5.56 Å². The topological polar surface area (TPSA) is 39.6 Å². The normalized spacial score (nSPS) is 15.2. The van der Waals surface area contributed by atoms with Crippen molar-refractivity contribution in [3.05, 3.63) is 78.6 Å². The molecule has 4 rings (SSSR count). The molecule has 2 aromatic carbocycles. The van der Waals surface area contributed by atoms with Crippen molar-refractivity contribution in [1.82, 2.24) is 9.88 Å². The molecule has 0 radical (unpaired) electrons. The molecule has 0 atom stereocenters. The zero-order valence-corrected chi connectivity index (χ0v) is 14.8. The third-order valence-corrected chi connectivity index (χ3v) is 4.90. The van der Waals surface area contributed by atoms with E-state index in [1.54, 1.807) is 6.07 Å². The predicted octanol–water partition coefficient (Wildman–Crippen LogP) is 3.78. The largest absolute Gasteiger partial charge is 0.506 e. The quantitative estimate of drug-likeness (QED) is 0.781. The molecule has 1 saturated heterocycles. The van der Waals surface area contributed by atoms with Crippen LogP contribution in [0.25, 0.3) is 11.1 Å². The number of rotatable bonds is 4. The highest BCUT2D eigenvalue weighted by Gasteiger charge is 2.19. The summed E-state index contributed by atoms with van der Waals surface area (Å²) in [6.45, 7) is 4.70. The third kappa shape index (κ3) is 3.70. The van der Waals surface area contributed by atoms with Crippen LogP contribution in [0.2, 0.25) is 0 Å². The van der Waals surface area contributed by atoms with Crippen LogP contribution in [0.3, 0.4) is 0 Å². The van der Waals surface area contributed by atoms with Crippen molar-refractivity contribution in [1.29, 1.82) is 0 Å². The Morgan fingerprint density at radius 1 is 0.808 bits per heavy atom. The van der Waals surface area contributed by atoms with E-state index in [1.807, 2.05) is 36.7 Å². The van der Waals surface area contributed by atoms with Gasteiger partial charge in [0.15, 0.2) is 0 Å². The van der Waals surface area contributed by atoms with Gasteiger partial charge in [-0.2, -0.15) is 0 Å². The van der Waals surface area contributed by atoms with Gasteiger partial charge in [0.05, 0.1) is 5.69 Å². The minimum absolute atomic E-state index is 0.362. The molecule has 0 spiro atoms. The van der Waals surface area contributed by atoms with Crippen molar-refractivity contribution in [2.24, 2.45) is 0 Å². The molecule has 1 fully saturated rings. The van der Waals surface area contributed by atoms with Crippen LogP contribution >= 0.6 is 0 Å². The van der Waals surface area contributed by atoms with Crippen molar-refractivity contribution in [3.63, 3.8) is 0 Å². The third-order valence-electron chi connectivity index (χ3n) is 4.90. The Bertz CT molecular complexity index is 858. The van der Waals surface area contributed by atoms with Crippen molar-refractivity contribution in [3.8, 4) is 16.9 Å². The van der Waals surface area contributed by atoms with E-state index in [-0.39, 0.29) is 0 Å². The first-order valence-corrected chi connectivity index (χ1v) is 9.04. The number of anilines is 1. The first kappa shape index (κ1) is 16.6. The lowest BCUT2D eigenvalue weighted by atomic mass is 10.1. The highest BCUT2D eigenvalue weighted by Crippen LogP contribution is 2.27. The Hall–Kier alpha value is -2.85. The summed E-state index contributed by atoms with van der Waals surface area (Å²) < 4.78 is 0. The van der Waals surface area contributed by atoms with Gasteiger partial charge in [-0.3, -0.25) is 9.88 Å². The molecule has 1 aliphatic heterocycles. The SMILES string of the molecule is Oc1ccccc1N1CCN(Cc2cncc(-c3ccccc3)c2)CC1. The van der Waals surface area contributed by atoms with Gasteiger partial charge in [-0.25, -0.2) is 0 Å². The van der Waals surface area contributed by atoms with Gasteiger partial charge >= 0.3 is 0 Å². The summed E-state index contributed by atoms with van der Waals surface area (Å²) in [5.41, 5.74) is 4.53. The number of aromatic nitrogens is 1. The maximum absolute atomic E-state index is 10.0. The van der Waals surface area contributed by atoms with Gasteiger partial charge in [-0.15, -0.1) is 0 Å². The molecule has 2 heterocycles. The average Bonchev–Trinajstić information content (AvgIpc) is 2.70. The van der Waals surface area contributed by atoms with E-state index in [0.717, 1.165) is 44.0 Å². The van der Waals surface area contributed by atoms with E-state index in [1.165, 1.54) is 11.1 Å². The van der Waals surface area contributed by atoms with E-state index < -0.39 is 0 Å². The molecule has 3 aromatic rings. The Labute approximate surface area is 154 Å². The van der Waals surface area contributed by atoms with Gasteiger partial charge < -0.3 is 10.0 Å². The molecule has 132 valence electrons. The van der Waals surface area contributed by atoms with Gasteiger partial charge in [0, 0.05) is 50.7 Å². The van der Waals surface area contributed by atoms with Crippen LogP contribution < -0.4 is 4.90 Å². The maximum Gasteiger partial charge on any atom is 0.138 e. The first-order valence-electron chi connectivity index (χ1n) is 9.04. The Morgan fingerprint density at radius 3 is 2.31 bits per heavy atom. The minimum Gasteiger partial charge on any atom is -0.506 e. The zero-order valence-electron chi connectivity index (χ0n) is 14.8. The summed E-state index contributed by atoms with van der Waals surface area (Å²) in [7, 11) is 0.